The van der Waals surface area contributed by atoms with E-state index in [-0.39, 0.29) is 11.8 Å². The Bertz CT molecular complexity index is 1130. The minimum absolute atomic E-state index is 0.142. The van der Waals surface area contributed by atoms with Crippen molar-refractivity contribution in [3.63, 3.8) is 0 Å². The number of imidazole rings is 1. The Morgan fingerprint density at radius 3 is 2.42 bits per heavy atom. The maximum Gasteiger partial charge on any atom is 0.303 e. The fraction of sp³-hybridized carbons (Fsp3) is 0.375. The molecule has 0 saturated heterocycles. The molecule has 0 aliphatic carbocycles. The Morgan fingerprint density at radius 1 is 1.19 bits per heavy atom. The summed E-state index contributed by atoms with van der Waals surface area (Å²) in [5, 5.41) is 9.94. The summed E-state index contributed by atoms with van der Waals surface area (Å²) in [6.45, 7) is 9.24. The van der Waals surface area contributed by atoms with Crippen molar-refractivity contribution in [1.29, 1.82) is 5.26 Å². The van der Waals surface area contributed by atoms with E-state index < -0.39 is 11.5 Å². The van der Waals surface area contributed by atoms with Gasteiger partial charge in [-0.25, -0.2) is 0 Å². The number of halogens is 1. The van der Waals surface area contributed by atoms with Crippen molar-refractivity contribution in [3.05, 3.63) is 47.5 Å². The number of hydrogen-bond acceptors (Lipinski definition) is 5. The van der Waals surface area contributed by atoms with E-state index in [1.165, 1.54) is 0 Å². The van der Waals surface area contributed by atoms with Crippen molar-refractivity contribution < 1.29 is 14.3 Å². The van der Waals surface area contributed by atoms with Gasteiger partial charge >= 0.3 is 6.01 Å². The first-order chi connectivity index (χ1) is 14.7. The lowest BCUT2D eigenvalue weighted by Gasteiger charge is -2.23. The Labute approximate surface area is 187 Å². The number of ketones is 1. The highest BCUT2D eigenvalue weighted by Crippen LogP contribution is 2.32. The summed E-state index contributed by atoms with van der Waals surface area (Å²) in [4.78, 5) is 17.1. The molecule has 3 rings (SSSR count). The van der Waals surface area contributed by atoms with E-state index in [2.05, 4.69) is 24.9 Å². The minimum atomic E-state index is -1.05. The maximum atomic E-state index is 12.6. The van der Waals surface area contributed by atoms with Gasteiger partial charge in [0.1, 0.15) is 16.9 Å². The Balaban J connectivity index is 1.78. The van der Waals surface area contributed by atoms with Crippen molar-refractivity contribution in [2.75, 3.05) is 0 Å². The molecule has 0 fully saturated rings. The lowest BCUT2D eigenvalue weighted by molar-refractivity contribution is -0.131. The Morgan fingerprint density at radius 2 is 1.84 bits per heavy atom. The molecule has 6 nitrogen and oxygen atoms in total. The number of carbonyl (C=O) groups excluding carboxylic acids is 1. The molecule has 0 spiro atoms. The van der Waals surface area contributed by atoms with Gasteiger partial charge in [-0.1, -0.05) is 18.5 Å². The highest BCUT2D eigenvalue weighted by molar-refractivity contribution is 6.31. The van der Waals surface area contributed by atoms with Gasteiger partial charge in [0, 0.05) is 11.1 Å². The van der Waals surface area contributed by atoms with E-state index in [1.54, 1.807) is 38.1 Å². The average Bonchev–Trinajstić information content (AvgIpc) is 3.10. The number of fused-ring (bicyclic) bond motifs is 1. The quantitative estimate of drug-likeness (QED) is 0.409. The van der Waals surface area contributed by atoms with Gasteiger partial charge in [-0.2, -0.15) is 10.2 Å². The molecule has 3 aromatic rings. The van der Waals surface area contributed by atoms with Gasteiger partial charge in [0.2, 0.25) is 0 Å². The second-order valence-corrected chi connectivity index (χ2v) is 8.42. The van der Waals surface area contributed by atoms with Gasteiger partial charge in [0.25, 0.3) is 0 Å². The SMILES string of the molecule is CCC(C)(C#N)C(=O)C(C)Oc1ccc(Oc2nc3cc(Cl)ccc3n2C(C)C)cc1. The van der Waals surface area contributed by atoms with Crippen molar-refractivity contribution in [3.8, 4) is 23.6 Å². The van der Waals surface area contributed by atoms with Crippen LogP contribution in [0.15, 0.2) is 42.5 Å². The zero-order valence-corrected chi connectivity index (χ0v) is 19.1. The fourth-order valence-electron chi connectivity index (χ4n) is 3.33. The average molecular weight is 440 g/mol. The maximum absolute atomic E-state index is 12.6. The number of ether oxygens (including phenoxy) is 2. The topological polar surface area (TPSA) is 77.1 Å². The number of nitrogens with zero attached hydrogens (tertiary/aromatic N) is 3. The van der Waals surface area contributed by atoms with Crippen molar-refractivity contribution >= 4 is 28.4 Å². The van der Waals surface area contributed by atoms with E-state index in [0.29, 0.717) is 29.0 Å². The minimum Gasteiger partial charge on any atom is -0.483 e. The Hall–Kier alpha value is -3.04. The number of hydrogen-bond donors (Lipinski definition) is 0. The molecule has 0 aliphatic heterocycles. The molecule has 2 atom stereocenters. The first-order valence-corrected chi connectivity index (χ1v) is 10.6. The number of Topliss-reactive ketones (excluding diaryl/α,β-unsaturated/α-hetero) is 1. The standard InChI is InChI=1S/C24H26ClN3O3/c1-6-24(5,14-26)22(29)16(4)30-18-8-10-19(11-9-18)31-23-27-20-13-17(25)7-12-21(20)28(23)15(2)3/h7-13,15-16H,6H2,1-5H3. The van der Waals surface area contributed by atoms with Gasteiger partial charge in [-0.3, -0.25) is 9.36 Å². The van der Waals surface area contributed by atoms with Crippen molar-refractivity contribution in [2.24, 2.45) is 5.41 Å². The van der Waals surface area contributed by atoms with E-state index >= 15 is 0 Å². The lowest BCUT2D eigenvalue weighted by Crippen LogP contribution is -2.37. The predicted molar refractivity (Wildman–Crippen MR) is 121 cm³/mol. The van der Waals surface area contributed by atoms with Gasteiger partial charge < -0.3 is 9.47 Å². The molecule has 7 heteroatoms. The van der Waals surface area contributed by atoms with Crippen LogP contribution >= 0.6 is 11.6 Å². The van der Waals surface area contributed by atoms with Gasteiger partial charge in [0.15, 0.2) is 11.9 Å². The Kier molecular flexibility index (Phi) is 6.56. The zero-order chi connectivity index (χ0) is 22.8. The normalized spacial score (nSPS) is 14.1. The summed E-state index contributed by atoms with van der Waals surface area (Å²) in [7, 11) is 0. The number of nitriles is 1. The van der Waals surface area contributed by atoms with Crippen LogP contribution in [0.3, 0.4) is 0 Å². The number of carbonyl (C=O) groups is 1. The van der Waals surface area contributed by atoms with Crippen molar-refractivity contribution in [2.45, 2.75) is 53.2 Å². The smallest absolute Gasteiger partial charge is 0.303 e. The number of rotatable bonds is 8. The van der Waals surface area contributed by atoms with Gasteiger partial charge in [-0.05, 0) is 76.6 Å². The molecule has 1 aromatic heterocycles. The van der Waals surface area contributed by atoms with E-state index in [4.69, 9.17) is 21.1 Å². The molecule has 1 heterocycles. The molecule has 0 saturated carbocycles. The van der Waals surface area contributed by atoms with Crippen LogP contribution in [-0.4, -0.2) is 21.4 Å². The van der Waals surface area contributed by atoms with Crippen LogP contribution in [0, 0.1) is 16.7 Å². The third kappa shape index (κ3) is 4.67. The van der Waals surface area contributed by atoms with Crippen LogP contribution in [0.25, 0.3) is 11.0 Å². The van der Waals surface area contributed by atoms with Crippen LogP contribution in [0.1, 0.15) is 47.1 Å². The lowest BCUT2D eigenvalue weighted by atomic mass is 9.82. The molecule has 0 aliphatic rings. The molecule has 2 aromatic carbocycles. The van der Waals surface area contributed by atoms with Crippen molar-refractivity contribution in [1.82, 2.24) is 9.55 Å². The molecule has 0 bridgehead atoms. The van der Waals surface area contributed by atoms with E-state index in [0.717, 1.165) is 11.0 Å². The number of aromatic nitrogens is 2. The second-order valence-electron chi connectivity index (χ2n) is 7.99. The van der Waals surface area contributed by atoms with Crippen LogP contribution in [0.5, 0.6) is 17.5 Å². The third-order valence-corrected chi connectivity index (χ3v) is 5.58. The molecule has 0 amide bonds. The van der Waals surface area contributed by atoms with E-state index in [9.17, 15) is 10.1 Å². The summed E-state index contributed by atoms with van der Waals surface area (Å²) in [5.41, 5.74) is 0.652. The first kappa shape index (κ1) is 22.6. The molecule has 0 N–H and O–H groups in total. The second kappa shape index (κ2) is 8.99. The molecular formula is C24H26ClN3O3. The summed E-state index contributed by atoms with van der Waals surface area (Å²) in [6, 6.07) is 15.2. The molecule has 162 valence electrons. The molecular weight excluding hydrogens is 414 g/mol. The first-order valence-electron chi connectivity index (χ1n) is 10.3. The summed E-state index contributed by atoms with van der Waals surface area (Å²) in [5.74, 6) is 0.876. The highest BCUT2D eigenvalue weighted by Gasteiger charge is 2.35. The highest BCUT2D eigenvalue weighted by atomic mass is 35.5. The molecule has 0 radical (unpaired) electrons. The van der Waals surface area contributed by atoms with Crippen LogP contribution in [0.2, 0.25) is 5.02 Å². The van der Waals surface area contributed by atoms with Gasteiger partial charge in [-0.15, -0.1) is 0 Å². The van der Waals surface area contributed by atoms with Gasteiger partial charge in [0.05, 0.1) is 17.1 Å². The van der Waals surface area contributed by atoms with Crippen LogP contribution < -0.4 is 9.47 Å². The predicted octanol–water partition coefficient (Wildman–Crippen LogP) is 6.34. The summed E-state index contributed by atoms with van der Waals surface area (Å²) < 4.78 is 13.8. The van der Waals surface area contributed by atoms with Crippen LogP contribution in [0.4, 0.5) is 0 Å². The van der Waals surface area contributed by atoms with Crippen LogP contribution in [-0.2, 0) is 4.79 Å². The monoisotopic (exact) mass is 439 g/mol. The summed E-state index contributed by atoms with van der Waals surface area (Å²) >= 11 is 6.10. The fourth-order valence-corrected chi connectivity index (χ4v) is 3.49. The number of benzene rings is 2. The largest absolute Gasteiger partial charge is 0.483 e. The summed E-state index contributed by atoms with van der Waals surface area (Å²) in [6.07, 6.45) is -0.295. The zero-order valence-electron chi connectivity index (χ0n) is 18.3. The molecule has 31 heavy (non-hydrogen) atoms. The molecule has 2 unspecified atom stereocenters. The third-order valence-electron chi connectivity index (χ3n) is 5.35. The van der Waals surface area contributed by atoms with E-state index in [1.807, 2.05) is 29.7 Å².